The Balaban J connectivity index is 1.70. The molecule has 0 aliphatic heterocycles. The number of anilines is 1. The van der Waals surface area contributed by atoms with Crippen LogP contribution < -0.4 is 10.7 Å². The molecule has 1 aromatic carbocycles. The first-order chi connectivity index (χ1) is 12.6. The molecule has 2 amide bonds. The van der Waals surface area contributed by atoms with Crippen molar-refractivity contribution in [2.75, 3.05) is 5.32 Å². The SMILES string of the molecule is CCCCCCCCC(=O)N/N=C(\C)c1ccc(NC(=O)C2CC2)cc1. The number of unbranched alkanes of at least 4 members (excludes halogenated alkanes) is 5. The summed E-state index contributed by atoms with van der Waals surface area (Å²) in [6.07, 6.45) is 9.50. The zero-order valence-corrected chi connectivity index (χ0v) is 16.0. The zero-order chi connectivity index (χ0) is 18.8. The van der Waals surface area contributed by atoms with Crippen LogP contribution in [0, 0.1) is 5.92 Å². The molecule has 0 aromatic heterocycles. The molecule has 1 saturated carbocycles. The Labute approximate surface area is 156 Å². The molecular formula is C21H31N3O2. The summed E-state index contributed by atoms with van der Waals surface area (Å²) in [7, 11) is 0. The van der Waals surface area contributed by atoms with Gasteiger partial charge < -0.3 is 5.32 Å². The minimum absolute atomic E-state index is 0.0341. The molecule has 0 saturated heterocycles. The van der Waals surface area contributed by atoms with Gasteiger partial charge in [0.1, 0.15) is 0 Å². The van der Waals surface area contributed by atoms with Crippen LogP contribution in [-0.2, 0) is 9.59 Å². The lowest BCUT2D eigenvalue weighted by Crippen LogP contribution is -2.18. The van der Waals surface area contributed by atoms with E-state index in [2.05, 4.69) is 22.8 Å². The van der Waals surface area contributed by atoms with Crippen molar-refractivity contribution < 1.29 is 9.59 Å². The maximum Gasteiger partial charge on any atom is 0.240 e. The third-order valence-corrected chi connectivity index (χ3v) is 4.62. The number of rotatable bonds is 11. The minimum atomic E-state index is -0.0341. The van der Waals surface area contributed by atoms with Crippen LogP contribution in [0.1, 0.15) is 77.2 Å². The third kappa shape index (κ3) is 7.38. The number of carbonyl (C=O) groups is 2. The fourth-order valence-electron chi connectivity index (χ4n) is 2.72. The zero-order valence-electron chi connectivity index (χ0n) is 16.0. The second-order valence-electron chi connectivity index (χ2n) is 7.09. The quantitative estimate of drug-likeness (QED) is 0.344. The molecule has 5 heteroatoms. The smallest absolute Gasteiger partial charge is 0.240 e. The number of nitrogens with zero attached hydrogens (tertiary/aromatic N) is 1. The summed E-state index contributed by atoms with van der Waals surface area (Å²) in [4.78, 5) is 23.6. The van der Waals surface area contributed by atoms with E-state index in [1.165, 1.54) is 25.7 Å². The van der Waals surface area contributed by atoms with Gasteiger partial charge >= 0.3 is 0 Å². The van der Waals surface area contributed by atoms with E-state index in [0.717, 1.165) is 42.6 Å². The van der Waals surface area contributed by atoms with Crippen LogP contribution in [-0.4, -0.2) is 17.5 Å². The Bertz CT molecular complexity index is 619. The Hall–Kier alpha value is -2.17. The number of hydrazone groups is 1. The summed E-state index contributed by atoms with van der Waals surface area (Å²) in [5.41, 5.74) is 5.11. The maximum absolute atomic E-state index is 11.8. The van der Waals surface area contributed by atoms with Crippen LogP contribution in [0.15, 0.2) is 29.4 Å². The highest BCUT2D eigenvalue weighted by Crippen LogP contribution is 2.30. The van der Waals surface area contributed by atoms with Gasteiger partial charge in [0.05, 0.1) is 5.71 Å². The predicted molar refractivity (Wildman–Crippen MR) is 106 cm³/mol. The van der Waals surface area contributed by atoms with Crippen molar-refractivity contribution in [2.24, 2.45) is 11.0 Å². The van der Waals surface area contributed by atoms with Crippen molar-refractivity contribution in [3.05, 3.63) is 29.8 Å². The van der Waals surface area contributed by atoms with Gasteiger partial charge in [0.2, 0.25) is 11.8 Å². The number of amides is 2. The summed E-state index contributed by atoms with van der Waals surface area (Å²) >= 11 is 0. The highest BCUT2D eigenvalue weighted by Gasteiger charge is 2.29. The Morgan fingerprint density at radius 3 is 2.35 bits per heavy atom. The molecule has 1 aliphatic carbocycles. The molecule has 0 atom stereocenters. The highest BCUT2D eigenvalue weighted by molar-refractivity contribution is 6.00. The van der Waals surface area contributed by atoms with Crippen molar-refractivity contribution in [1.29, 1.82) is 0 Å². The molecular weight excluding hydrogens is 326 g/mol. The first-order valence-electron chi connectivity index (χ1n) is 9.84. The molecule has 1 fully saturated rings. The fourth-order valence-corrected chi connectivity index (χ4v) is 2.72. The van der Waals surface area contributed by atoms with Gasteiger partial charge in [-0.05, 0) is 43.9 Å². The van der Waals surface area contributed by atoms with Crippen molar-refractivity contribution in [1.82, 2.24) is 5.43 Å². The van der Waals surface area contributed by atoms with Gasteiger partial charge in [-0.2, -0.15) is 5.10 Å². The predicted octanol–water partition coefficient (Wildman–Crippen LogP) is 4.63. The molecule has 0 unspecified atom stereocenters. The third-order valence-electron chi connectivity index (χ3n) is 4.62. The van der Waals surface area contributed by atoms with E-state index in [1.54, 1.807) is 0 Å². The van der Waals surface area contributed by atoms with Gasteiger partial charge in [0.25, 0.3) is 0 Å². The number of hydrogen-bond donors (Lipinski definition) is 2. The average Bonchev–Trinajstić information content (AvgIpc) is 3.48. The monoisotopic (exact) mass is 357 g/mol. The lowest BCUT2D eigenvalue weighted by Gasteiger charge is -2.06. The van der Waals surface area contributed by atoms with E-state index < -0.39 is 0 Å². The fraction of sp³-hybridized carbons (Fsp3) is 0.571. The largest absolute Gasteiger partial charge is 0.326 e. The Kier molecular flexibility index (Phi) is 8.32. The molecule has 0 bridgehead atoms. The number of carbonyl (C=O) groups excluding carboxylic acids is 2. The summed E-state index contributed by atoms with van der Waals surface area (Å²) in [6, 6.07) is 7.54. The molecule has 0 heterocycles. The van der Waals surface area contributed by atoms with E-state index in [4.69, 9.17) is 0 Å². The first-order valence-corrected chi connectivity index (χ1v) is 9.84. The van der Waals surface area contributed by atoms with Crippen LogP contribution in [0.5, 0.6) is 0 Å². The number of hydrogen-bond acceptors (Lipinski definition) is 3. The highest BCUT2D eigenvalue weighted by atomic mass is 16.2. The van der Waals surface area contributed by atoms with Crippen LogP contribution in [0.2, 0.25) is 0 Å². The van der Waals surface area contributed by atoms with Crippen molar-refractivity contribution in [3.63, 3.8) is 0 Å². The maximum atomic E-state index is 11.8. The molecule has 0 radical (unpaired) electrons. The van der Waals surface area contributed by atoms with E-state index in [1.807, 2.05) is 31.2 Å². The minimum Gasteiger partial charge on any atom is -0.326 e. The van der Waals surface area contributed by atoms with E-state index in [0.29, 0.717) is 6.42 Å². The second kappa shape index (κ2) is 10.7. The summed E-state index contributed by atoms with van der Waals surface area (Å²) in [5.74, 6) is 0.262. The average molecular weight is 357 g/mol. The van der Waals surface area contributed by atoms with Crippen molar-refractivity contribution >= 4 is 23.2 Å². The standard InChI is InChI=1S/C21H31N3O2/c1-3-4-5-6-7-8-9-20(25)24-23-16(2)17-12-14-19(15-13-17)22-21(26)18-10-11-18/h12-15,18H,3-11H2,1-2H3,(H,22,26)(H,24,25)/b23-16+. The molecule has 0 spiro atoms. The second-order valence-corrected chi connectivity index (χ2v) is 7.09. The Morgan fingerprint density at radius 2 is 1.69 bits per heavy atom. The van der Waals surface area contributed by atoms with E-state index in [9.17, 15) is 9.59 Å². The molecule has 2 N–H and O–H groups in total. The topological polar surface area (TPSA) is 70.6 Å². The molecule has 5 nitrogen and oxygen atoms in total. The van der Waals surface area contributed by atoms with Gasteiger partial charge in [-0.3, -0.25) is 9.59 Å². The van der Waals surface area contributed by atoms with Crippen molar-refractivity contribution in [3.8, 4) is 0 Å². The normalized spacial score (nSPS) is 14.2. The van der Waals surface area contributed by atoms with Gasteiger partial charge in [-0.15, -0.1) is 0 Å². The molecule has 2 rings (SSSR count). The van der Waals surface area contributed by atoms with Crippen LogP contribution in [0.4, 0.5) is 5.69 Å². The summed E-state index contributed by atoms with van der Waals surface area (Å²) < 4.78 is 0. The van der Waals surface area contributed by atoms with Crippen molar-refractivity contribution in [2.45, 2.75) is 71.6 Å². The van der Waals surface area contributed by atoms with Crippen LogP contribution in [0.3, 0.4) is 0 Å². The molecule has 142 valence electrons. The summed E-state index contributed by atoms with van der Waals surface area (Å²) in [5, 5.41) is 7.09. The van der Waals surface area contributed by atoms with Gasteiger partial charge in [-0.25, -0.2) is 5.43 Å². The molecule has 1 aromatic rings. The van der Waals surface area contributed by atoms with Gasteiger partial charge in [0.15, 0.2) is 0 Å². The van der Waals surface area contributed by atoms with Crippen LogP contribution in [0.25, 0.3) is 0 Å². The van der Waals surface area contributed by atoms with Crippen LogP contribution >= 0.6 is 0 Å². The lowest BCUT2D eigenvalue weighted by molar-refractivity contribution is -0.121. The van der Waals surface area contributed by atoms with E-state index >= 15 is 0 Å². The molecule has 1 aliphatic rings. The number of benzene rings is 1. The summed E-state index contributed by atoms with van der Waals surface area (Å²) in [6.45, 7) is 4.06. The van der Waals surface area contributed by atoms with E-state index in [-0.39, 0.29) is 17.7 Å². The van der Waals surface area contributed by atoms with Gasteiger partial charge in [0, 0.05) is 18.0 Å². The van der Waals surface area contributed by atoms with Gasteiger partial charge in [-0.1, -0.05) is 51.2 Å². The first kappa shape index (κ1) is 20.1. The number of nitrogens with one attached hydrogen (secondary N) is 2. The lowest BCUT2D eigenvalue weighted by atomic mass is 10.1. The molecule has 26 heavy (non-hydrogen) atoms. The Morgan fingerprint density at radius 1 is 1.04 bits per heavy atom.